The van der Waals surface area contributed by atoms with Gasteiger partial charge in [-0.15, -0.1) is 0 Å². The second-order valence-corrected chi connectivity index (χ2v) is 13.7. The van der Waals surface area contributed by atoms with Crippen LogP contribution in [0.5, 0.6) is 11.5 Å². The number of phenolic OH excluding ortho intramolecular Hbond substituents is 2. The highest BCUT2D eigenvalue weighted by molar-refractivity contribution is 9.11. The maximum atomic E-state index is 11.6. The number of anilines is 1. The molecule has 4 aliphatic carbocycles. The van der Waals surface area contributed by atoms with Gasteiger partial charge in [0.05, 0.1) is 15.8 Å². The molecule has 0 saturated heterocycles. The molecular weight excluding hydrogens is 604 g/mol. The lowest BCUT2D eigenvalue weighted by molar-refractivity contribution is -0.00616. The zero-order chi connectivity index (χ0) is 26.6. The van der Waals surface area contributed by atoms with E-state index >= 15 is 0 Å². The summed E-state index contributed by atoms with van der Waals surface area (Å²) in [4.78, 5) is 6.96. The molecule has 0 unspecified atom stereocenters. The Balaban J connectivity index is 1.30. The van der Waals surface area contributed by atoms with Crippen LogP contribution in [0.25, 0.3) is 0 Å². The van der Waals surface area contributed by atoms with Crippen molar-refractivity contribution in [1.29, 1.82) is 0 Å². The summed E-state index contributed by atoms with van der Waals surface area (Å²) in [7, 11) is 2.00. The Morgan fingerprint density at radius 1 is 0.947 bits per heavy atom. The van der Waals surface area contributed by atoms with E-state index in [4.69, 9.17) is 4.99 Å². The largest absolute Gasteiger partial charge is 0.507 e. The summed E-state index contributed by atoms with van der Waals surface area (Å²) in [6.45, 7) is 2.65. The van der Waals surface area contributed by atoms with Gasteiger partial charge in [-0.05, 0) is 120 Å². The van der Waals surface area contributed by atoms with Crippen LogP contribution in [0.15, 0.2) is 62.5 Å². The van der Waals surface area contributed by atoms with Crippen molar-refractivity contribution >= 4 is 49.4 Å². The Labute approximate surface area is 242 Å². The van der Waals surface area contributed by atoms with Crippen molar-refractivity contribution in [3.05, 3.63) is 79.7 Å². The molecule has 0 heterocycles. The molecule has 3 aromatic rings. The van der Waals surface area contributed by atoms with Crippen LogP contribution in [0.4, 0.5) is 11.4 Å². The van der Waals surface area contributed by atoms with Gasteiger partial charge in [0.25, 0.3) is 0 Å². The van der Waals surface area contributed by atoms with Gasteiger partial charge in [0.15, 0.2) is 0 Å². The number of halogens is 2. The molecule has 0 atom stereocenters. The summed E-state index contributed by atoms with van der Waals surface area (Å²) in [5.74, 6) is 3.13. The molecule has 6 heteroatoms. The maximum Gasteiger partial charge on any atom is 0.134 e. The quantitative estimate of drug-likeness (QED) is 0.266. The van der Waals surface area contributed by atoms with Crippen molar-refractivity contribution < 1.29 is 10.2 Å². The summed E-state index contributed by atoms with van der Waals surface area (Å²) in [5, 5.41) is 22.1. The lowest BCUT2D eigenvalue weighted by Gasteiger charge is -2.57. The summed E-state index contributed by atoms with van der Waals surface area (Å²) in [5.41, 5.74) is 5.83. The summed E-state index contributed by atoms with van der Waals surface area (Å²) < 4.78 is 1.56. The molecule has 2 N–H and O–H groups in total. The monoisotopic (exact) mass is 636 g/mol. The van der Waals surface area contributed by atoms with E-state index in [-0.39, 0.29) is 11.2 Å². The Morgan fingerprint density at radius 3 is 2.29 bits per heavy atom. The van der Waals surface area contributed by atoms with Crippen LogP contribution < -0.4 is 4.90 Å². The smallest absolute Gasteiger partial charge is 0.134 e. The van der Waals surface area contributed by atoms with Gasteiger partial charge in [-0.25, -0.2) is 0 Å². The van der Waals surface area contributed by atoms with Crippen molar-refractivity contribution in [2.24, 2.45) is 22.7 Å². The number of phenols is 2. The van der Waals surface area contributed by atoms with Crippen LogP contribution in [0.3, 0.4) is 0 Å². The average molecular weight is 638 g/mol. The van der Waals surface area contributed by atoms with Crippen molar-refractivity contribution in [3.63, 3.8) is 0 Å². The third-order valence-corrected chi connectivity index (χ3v) is 10.1. The number of rotatable bonds is 6. The van der Waals surface area contributed by atoms with Crippen LogP contribution in [0, 0.1) is 24.7 Å². The van der Waals surface area contributed by atoms with E-state index in [9.17, 15) is 10.2 Å². The minimum atomic E-state index is 0.131. The van der Waals surface area contributed by atoms with Crippen LogP contribution in [-0.4, -0.2) is 23.5 Å². The van der Waals surface area contributed by atoms with Gasteiger partial charge in [0.1, 0.15) is 11.5 Å². The van der Waals surface area contributed by atoms with Crippen molar-refractivity contribution in [2.45, 2.75) is 57.4 Å². The predicted octanol–water partition coefficient (Wildman–Crippen LogP) is 8.79. The van der Waals surface area contributed by atoms with E-state index in [1.54, 1.807) is 0 Å². The molecule has 0 radical (unpaired) electrons. The Kier molecular flexibility index (Phi) is 6.84. The van der Waals surface area contributed by atoms with Crippen LogP contribution in [-0.2, 0) is 12.0 Å². The van der Waals surface area contributed by atoms with Gasteiger partial charge in [0.2, 0.25) is 0 Å². The fourth-order valence-corrected chi connectivity index (χ4v) is 9.18. The Hall–Kier alpha value is -2.31. The molecule has 38 heavy (non-hydrogen) atoms. The van der Waals surface area contributed by atoms with Gasteiger partial charge < -0.3 is 15.1 Å². The zero-order valence-electron chi connectivity index (χ0n) is 21.9. The highest BCUT2D eigenvalue weighted by atomic mass is 79.9. The molecule has 4 bridgehead atoms. The fraction of sp³-hybridized carbons (Fsp3) is 0.406. The molecule has 0 aliphatic heterocycles. The molecule has 3 aromatic carbocycles. The number of aliphatic imine (C=N–C) groups is 1. The molecule has 7 rings (SSSR count). The molecule has 4 fully saturated rings. The van der Waals surface area contributed by atoms with Gasteiger partial charge >= 0.3 is 0 Å². The first kappa shape index (κ1) is 25.9. The maximum absolute atomic E-state index is 11.6. The molecule has 0 spiro atoms. The molecule has 198 valence electrons. The second-order valence-electron chi connectivity index (χ2n) is 11.9. The number of hydrogen-bond acceptors (Lipinski definition) is 4. The van der Waals surface area contributed by atoms with Crippen LogP contribution >= 0.6 is 31.9 Å². The summed E-state index contributed by atoms with van der Waals surface area (Å²) in [6.07, 6.45) is 9.65. The second kappa shape index (κ2) is 10.0. The standard InChI is InChI=1S/C32H34Br2N2O2/c1-19-7-23(30(37)26(8-19)32-14-20-9-21(15-32)11-22(10-20)16-32)17-35-28-5-3-4-6-29(28)36(2)18-24-12-25(33)13-27(34)31(24)38/h3-8,12-13,17,20-22,37-38H,9-11,14-16,18H2,1-2H3. The minimum Gasteiger partial charge on any atom is -0.507 e. The number of benzene rings is 3. The third-order valence-electron chi connectivity index (χ3n) is 9.04. The number of aryl methyl sites for hydroxylation is 1. The highest BCUT2D eigenvalue weighted by Gasteiger charge is 2.52. The van der Waals surface area contributed by atoms with Crippen molar-refractivity contribution in [2.75, 3.05) is 11.9 Å². The molecule has 0 amide bonds. The number of aromatic hydroxyl groups is 2. The first-order valence-electron chi connectivity index (χ1n) is 13.6. The first-order valence-corrected chi connectivity index (χ1v) is 15.1. The lowest BCUT2D eigenvalue weighted by Crippen LogP contribution is -2.48. The summed E-state index contributed by atoms with van der Waals surface area (Å²) >= 11 is 6.95. The van der Waals surface area contributed by atoms with Crippen molar-refractivity contribution in [3.8, 4) is 11.5 Å². The predicted molar refractivity (Wildman–Crippen MR) is 162 cm³/mol. The SMILES string of the molecule is Cc1cc(C=Nc2ccccc2N(C)Cc2cc(Br)cc(Br)c2O)c(O)c(C23CC4CC(CC(C4)C2)C3)c1. The highest BCUT2D eigenvalue weighted by Crippen LogP contribution is 2.62. The van der Waals surface area contributed by atoms with E-state index in [1.807, 2.05) is 55.7 Å². The topological polar surface area (TPSA) is 56.1 Å². The van der Waals surface area contributed by atoms with Crippen LogP contribution in [0.1, 0.15) is 60.8 Å². The van der Waals surface area contributed by atoms with Gasteiger partial charge in [0, 0.05) is 41.0 Å². The molecule has 4 saturated carbocycles. The lowest BCUT2D eigenvalue weighted by atomic mass is 9.48. The first-order chi connectivity index (χ1) is 18.2. The normalized spacial score (nSPS) is 25.8. The number of para-hydroxylation sites is 2. The number of nitrogens with zero attached hydrogens (tertiary/aromatic N) is 2. The van der Waals surface area contributed by atoms with Crippen molar-refractivity contribution in [1.82, 2.24) is 0 Å². The molecule has 4 nitrogen and oxygen atoms in total. The minimum absolute atomic E-state index is 0.131. The number of hydrogen-bond donors (Lipinski definition) is 2. The Bertz CT molecular complexity index is 1380. The van der Waals surface area contributed by atoms with Crippen LogP contribution in [0.2, 0.25) is 0 Å². The molecular formula is C32H34Br2N2O2. The summed E-state index contributed by atoms with van der Waals surface area (Å²) in [6, 6.07) is 16.1. The van der Waals surface area contributed by atoms with E-state index in [2.05, 4.69) is 49.7 Å². The zero-order valence-corrected chi connectivity index (χ0v) is 25.1. The molecule has 0 aromatic heterocycles. The van der Waals surface area contributed by atoms with Gasteiger partial charge in [-0.3, -0.25) is 4.99 Å². The van der Waals surface area contributed by atoms with E-state index in [0.717, 1.165) is 50.3 Å². The fourth-order valence-electron chi connectivity index (χ4n) is 7.87. The molecule has 4 aliphatic rings. The average Bonchev–Trinajstić information content (AvgIpc) is 2.86. The van der Waals surface area contributed by atoms with Gasteiger partial charge in [-0.2, -0.15) is 0 Å². The van der Waals surface area contributed by atoms with Gasteiger partial charge in [-0.1, -0.05) is 34.1 Å². The van der Waals surface area contributed by atoms with E-state index in [0.29, 0.717) is 16.8 Å². The Morgan fingerprint density at radius 2 is 1.61 bits per heavy atom. The van der Waals surface area contributed by atoms with E-state index in [1.165, 1.54) is 44.1 Å². The van der Waals surface area contributed by atoms with E-state index < -0.39 is 0 Å². The third kappa shape index (κ3) is 4.79.